The molecule has 1 heterocycles. The quantitative estimate of drug-likeness (QED) is 0.651. The predicted octanol–water partition coefficient (Wildman–Crippen LogP) is 1.25. The van der Waals surface area contributed by atoms with Crippen LogP contribution in [0.4, 0.5) is 0 Å². The average Bonchev–Trinajstić information content (AvgIpc) is 2.10. The Morgan fingerprint density at radius 2 is 2.08 bits per heavy atom. The summed E-state index contributed by atoms with van der Waals surface area (Å²) < 4.78 is 5.22. The molecule has 1 N–H and O–H groups in total. The Balaban J connectivity index is 3.18. The number of hydrazine groups is 1. The molecule has 13 heavy (non-hydrogen) atoms. The van der Waals surface area contributed by atoms with Gasteiger partial charge in [-0.25, -0.2) is 0 Å². The number of hydrogen-bond donors (Lipinski definition) is 1. The maximum Gasteiger partial charge on any atom is 0.166 e. The van der Waals surface area contributed by atoms with E-state index in [1.165, 1.54) is 0 Å². The number of nitrogens with one attached hydrogen (secondary N) is 1. The summed E-state index contributed by atoms with van der Waals surface area (Å²) in [6.45, 7) is 7.42. The largest absolute Gasteiger partial charge is 0.493 e. The molecule has 0 bridgehead atoms. The minimum absolute atomic E-state index is 0.755. The monoisotopic (exact) mass is 181 g/mol. The third-order valence-electron chi connectivity index (χ3n) is 2.10. The molecule has 0 aromatic heterocycles. The molecule has 0 aromatic rings. The van der Waals surface area contributed by atoms with Crippen LogP contribution in [0.2, 0.25) is 0 Å². The molecule has 1 rings (SSSR count). The molecule has 0 unspecified atom stereocenters. The van der Waals surface area contributed by atoms with Gasteiger partial charge in [-0.2, -0.15) is 0 Å². The number of methoxy groups -OCH3 is 1. The van der Waals surface area contributed by atoms with E-state index in [1.807, 2.05) is 25.9 Å². The molecule has 1 aliphatic rings. The van der Waals surface area contributed by atoms with E-state index in [9.17, 15) is 0 Å². The summed E-state index contributed by atoms with van der Waals surface area (Å²) in [5.74, 6) is 0.755. The molecule has 0 saturated carbocycles. The summed E-state index contributed by atoms with van der Waals surface area (Å²) in [5.41, 5.74) is 5.87. The fraction of sp³-hybridized carbons (Fsp3) is 0.444. The first-order valence-corrected chi connectivity index (χ1v) is 4.05. The molecule has 0 saturated heterocycles. The first-order chi connectivity index (χ1) is 6.11. The van der Waals surface area contributed by atoms with E-state index >= 15 is 0 Å². The van der Waals surface area contributed by atoms with Crippen LogP contribution in [0.15, 0.2) is 27.8 Å². The maximum absolute atomic E-state index is 5.22. The van der Waals surface area contributed by atoms with Crippen molar-refractivity contribution in [3.63, 3.8) is 0 Å². The Hall–Kier alpha value is -1.45. The van der Waals surface area contributed by atoms with Gasteiger partial charge < -0.3 is 4.74 Å². The summed E-state index contributed by atoms with van der Waals surface area (Å²) >= 11 is 0. The van der Waals surface area contributed by atoms with Crippen molar-refractivity contribution in [2.75, 3.05) is 14.2 Å². The third-order valence-corrected chi connectivity index (χ3v) is 2.10. The van der Waals surface area contributed by atoms with Crippen molar-refractivity contribution < 1.29 is 4.74 Å². The van der Waals surface area contributed by atoms with E-state index < -0.39 is 0 Å². The third kappa shape index (κ3) is 1.52. The van der Waals surface area contributed by atoms with E-state index in [2.05, 4.69) is 17.1 Å². The minimum atomic E-state index is 0.755. The number of allylic oxidation sites excluding steroid dienone is 2. The highest BCUT2D eigenvalue weighted by molar-refractivity contribution is 5.41. The van der Waals surface area contributed by atoms with E-state index in [0.29, 0.717) is 0 Å². The highest BCUT2D eigenvalue weighted by atomic mass is 16.5. The molecular formula is C9H15N3O. The first kappa shape index (κ1) is 9.64. The zero-order valence-corrected chi connectivity index (χ0v) is 8.51. The molecule has 0 spiro atoms. The Labute approximate surface area is 78.6 Å². The van der Waals surface area contributed by atoms with Gasteiger partial charge in [0.1, 0.15) is 5.70 Å². The van der Waals surface area contributed by atoms with Crippen LogP contribution in [0, 0.1) is 0 Å². The number of hydrogen-bond acceptors (Lipinski definition) is 4. The van der Waals surface area contributed by atoms with Gasteiger partial charge in [-0.05, 0) is 20.6 Å². The lowest BCUT2D eigenvalue weighted by molar-refractivity contribution is 0.250. The summed E-state index contributed by atoms with van der Waals surface area (Å²) in [6, 6.07) is 0. The fourth-order valence-electron chi connectivity index (χ4n) is 1.32. The van der Waals surface area contributed by atoms with Crippen LogP contribution in [0.1, 0.15) is 13.8 Å². The molecule has 0 amide bonds. The smallest absolute Gasteiger partial charge is 0.166 e. The molecule has 0 aromatic carbocycles. The van der Waals surface area contributed by atoms with Crippen LogP contribution in [-0.4, -0.2) is 25.9 Å². The normalized spacial score (nSPS) is 17.4. The zero-order valence-electron chi connectivity index (χ0n) is 8.51. The molecule has 4 nitrogen and oxygen atoms in total. The fourth-order valence-corrected chi connectivity index (χ4v) is 1.32. The van der Waals surface area contributed by atoms with Crippen LogP contribution < -0.4 is 5.43 Å². The second-order valence-corrected chi connectivity index (χ2v) is 2.92. The van der Waals surface area contributed by atoms with Crippen molar-refractivity contribution in [1.82, 2.24) is 10.4 Å². The topological polar surface area (TPSA) is 36.9 Å². The molecule has 0 atom stereocenters. The van der Waals surface area contributed by atoms with Crippen LogP contribution in [-0.2, 0) is 4.74 Å². The molecule has 0 fully saturated rings. The van der Waals surface area contributed by atoms with Gasteiger partial charge in [0.15, 0.2) is 5.76 Å². The molecule has 1 aliphatic heterocycles. The van der Waals surface area contributed by atoms with Crippen molar-refractivity contribution in [3.8, 4) is 0 Å². The van der Waals surface area contributed by atoms with Crippen molar-refractivity contribution in [2.24, 2.45) is 4.99 Å². The summed E-state index contributed by atoms with van der Waals surface area (Å²) in [6.07, 6.45) is 0. The molecule has 0 radical (unpaired) electrons. The highest BCUT2D eigenvalue weighted by Crippen LogP contribution is 2.24. The number of ether oxygens (including phenoxy) is 1. The van der Waals surface area contributed by atoms with Gasteiger partial charge in [0, 0.05) is 7.05 Å². The van der Waals surface area contributed by atoms with Crippen LogP contribution >= 0.6 is 0 Å². The lowest BCUT2D eigenvalue weighted by Gasteiger charge is -2.30. The van der Waals surface area contributed by atoms with E-state index in [0.717, 1.165) is 22.9 Å². The first-order valence-electron chi connectivity index (χ1n) is 4.05. The van der Waals surface area contributed by atoms with Crippen molar-refractivity contribution >= 4 is 6.72 Å². The lowest BCUT2D eigenvalue weighted by atomic mass is 10.2. The maximum atomic E-state index is 5.22. The standard InChI is InChI=1S/C9H15N3O/c1-6-9(13-5)8(10-3)7(2)12(4)11-6/h11H,3H2,1-2,4-5H3. The van der Waals surface area contributed by atoms with E-state index in [4.69, 9.17) is 4.74 Å². The SMILES string of the molecule is C=NC1=C(C)N(C)NC(C)=C1OC. The van der Waals surface area contributed by atoms with Gasteiger partial charge in [0.2, 0.25) is 0 Å². The average molecular weight is 181 g/mol. The van der Waals surface area contributed by atoms with Gasteiger partial charge >= 0.3 is 0 Å². The van der Waals surface area contributed by atoms with Gasteiger partial charge in [-0.3, -0.25) is 15.4 Å². The highest BCUT2D eigenvalue weighted by Gasteiger charge is 2.19. The number of aliphatic imine (C=N–C) groups is 1. The van der Waals surface area contributed by atoms with Crippen LogP contribution in [0.25, 0.3) is 0 Å². The summed E-state index contributed by atoms with van der Waals surface area (Å²) in [4.78, 5) is 3.95. The van der Waals surface area contributed by atoms with Gasteiger partial charge in [0.05, 0.1) is 18.5 Å². The van der Waals surface area contributed by atoms with Gasteiger partial charge in [-0.1, -0.05) is 0 Å². The number of rotatable bonds is 2. The van der Waals surface area contributed by atoms with Gasteiger partial charge in [0.25, 0.3) is 0 Å². The van der Waals surface area contributed by atoms with Crippen molar-refractivity contribution in [1.29, 1.82) is 0 Å². The van der Waals surface area contributed by atoms with E-state index in [-0.39, 0.29) is 0 Å². The van der Waals surface area contributed by atoms with Crippen LogP contribution in [0.5, 0.6) is 0 Å². The Morgan fingerprint density at radius 1 is 1.46 bits per heavy atom. The molecule has 0 aliphatic carbocycles. The Kier molecular flexibility index (Phi) is 2.60. The Bertz CT molecular complexity index is 291. The molecular weight excluding hydrogens is 166 g/mol. The molecule has 72 valence electrons. The Morgan fingerprint density at radius 3 is 2.54 bits per heavy atom. The summed E-state index contributed by atoms with van der Waals surface area (Å²) in [7, 11) is 3.56. The van der Waals surface area contributed by atoms with Crippen molar-refractivity contribution in [2.45, 2.75) is 13.8 Å². The second-order valence-electron chi connectivity index (χ2n) is 2.92. The van der Waals surface area contributed by atoms with Gasteiger partial charge in [-0.15, -0.1) is 0 Å². The van der Waals surface area contributed by atoms with E-state index in [1.54, 1.807) is 7.11 Å². The molecule has 4 heteroatoms. The second kappa shape index (κ2) is 3.51. The van der Waals surface area contributed by atoms with Crippen molar-refractivity contribution in [3.05, 3.63) is 22.9 Å². The predicted molar refractivity (Wildman–Crippen MR) is 52.9 cm³/mol. The minimum Gasteiger partial charge on any atom is -0.493 e. The number of nitrogens with zero attached hydrogens (tertiary/aromatic N) is 2. The zero-order chi connectivity index (χ0) is 10.0. The van der Waals surface area contributed by atoms with Crippen LogP contribution in [0.3, 0.4) is 0 Å². The lowest BCUT2D eigenvalue weighted by Crippen LogP contribution is -2.36. The summed E-state index contributed by atoms with van der Waals surface area (Å²) in [5, 5.41) is 1.89.